The summed E-state index contributed by atoms with van der Waals surface area (Å²) < 4.78 is 4.66. The zero-order valence-corrected chi connectivity index (χ0v) is 12.2. The molecule has 0 aliphatic heterocycles. The maximum Gasteiger partial charge on any atom is 0.340 e. The van der Waals surface area contributed by atoms with Crippen LogP contribution >= 0.6 is 11.6 Å². The minimum absolute atomic E-state index is 0.144. The van der Waals surface area contributed by atoms with Gasteiger partial charge in [0.25, 0.3) is 0 Å². The number of halogens is 1. The van der Waals surface area contributed by atoms with Gasteiger partial charge in [-0.3, -0.25) is 4.79 Å². The van der Waals surface area contributed by atoms with Crippen molar-refractivity contribution in [3.8, 4) is 0 Å². The second kappa shape index (κ2) is 8.55. The Labute approximate surface area is 123 Å². The molecule has 5 nitrogen and oxygen atoms in total. The average Bonchev–Trinajstić information content (AvgIpc) is 2.44. The summed E-state index contributed by atoms with van der Waals surface area (Å²) in [7, 11) is 1.28. The van der Waals surface area contributed by atoms with E-state index in [1.807, 2.05) is 0 Å². The summed E-state index contributed by atoms with van der Waals surface area (Å²) in [5.74, 6) is -0.680. The molecule has 6 heteroatoms. The molecule has 0 heterocycles. The molecule has 0 atom stereocenters. The predicted octanol–water partition coefficient (Wildman–Crippen LogP) is 2.58. The first-order valence-electron chi connectivity index (χ1n) is 6.46. The lowest BCUT2D eigenvalue weighted by Crippen LogP contribution is -2.15. The predicted molar refractivity (Wildman–Crippen MR) is 78.9 cm³/mol. The molecule has 0 aliphatic carbocycles. The number of methoxy groups -OCH3 is 1. The van der Waals surface area contributed by atoms with Gasteiger partial charge in [-0.05, 0) is 37.6 Å². The van der Waals surface area contributed by atoms with Gasteiger partial charge < -0.3 is 15.8 Å². The van der Waals surface area contributed by atoms with E-state index in [0.717, 1.165) is 19.3 Å². The van der Waals surface area contributed by atoms with Gasteiger partial charge in [0.1, 0.15) is 0 Å². The van der Waals surface area contributed by atoms with Crippen LogP contribution in [-0.4, -0.2) is 25.5 Å². The molecule has 0 spiro atoms. The molecule has 20 heavy (non-hydrogen) atoms. The van der Waals surface area contributed by atoms with Gasteiger partial charge in [-0.15, -0.1) is 0 Å². The average molecular weight is 299 g/mol. The van der Waals surface area contributed by atoms with Gasteiger partial charge in [0.15, 0.2) is 0 Å². The van der Waals surface area contributed by atoms with Crippen LogP contribution in [0.2, 0.25) is 5.02 Å². The third-order valence-corrected chi connectivity index (χ3v) is 3.00. The zero-order valence-electron chi connectivity index (χ0n) is 11.4. The van der Waals surface area contributed by atoms with Gasteiger partial charge >= 0.3 is 5.97 Å². The van der Waals surface area contributed by atoms with Gasteiger partial charge in [0.05, 0.1) is 18.4 Å². The fraction of sp³-hybridized carbons (Fsp3) is 0.429. The lowest BCUT2D eigenvalue weighted by molar-refractivity contribution is -0.116. The first kappa shape index (κ1) is 16.5. The number of benzene rings is 1. The van der Waals surface area contributed by atoms with Crippen molar-refractivity contribution in [1.82, 2.24) is 0 Å². The van der Waals surface area contributed by atoms with Crippen molar-refractivity contribution in [3.63, 3.8) is 0 Å². The largest absolute Gasteiger partial charge is 0.465 e. The molecule has 3 N–H and O–H groups in total. The number of hydrogen-bond acceptors (Lipinski definition) is 4. The third kappa shape index (κ3) is 5.19. The van der Waals surface area contributed by atoms with Gasteiger partial charge in [0, 0.05) is 11.4 Å². The van der Waals surface area contributed by atoms with Gasteiger partial charge in [-0.1, -0.05) is 18.0 Å². The quantitative estimate of drug-likeness (QED) is 0.599. The minimum Gasteiger partial charge on any atom is -0.465 e. The van der Waals surface area contributed by atoms with Gasteiger partial charge in [-0.25, -0.2) is 4.79 Å². The summed E-state index contributed by atoms with van der Waals surface area (Å²) in [6.45, 7) is 0.630. The van der Waals surface area contributed by atoms with E-state index in [-0.39, 0.29) is 11.5 Å². The Hall–Kier alpha value is -1.59. The summed E-state index contributed by atoms with van der Waals surface area (Å²) >= 11 is 5.84. The SMILES string of the molecule is COC(=O)c1cc(Cl)ccc1NC(=O)CCCCCN. The van der Waals surface area contributed by atoms with E-state index in [9.17, 15) is 9.59 Å². The van der Waals surface area contributed by atoms with E-state index < -0.39 is 5.97 Å². The molecule has 0 aromatic heterocycles. The smallest absolute Gasteiger partial charge is 0.340 e. The van der Waals surface area contributed by atoms with Crippen molar-refractivity contribution in [2.24, 2.45) is 5.73 Å². The highest BCUT2D eigenvalue weighted by Crippen LogP contribution is 2.22. The number of carbonyl (C=O) groups excluding carboxylic acids is 2. The first-order valence-corrected chi connectivity index (χ1v) is 6.84. The van der Waals surface area contributed by atoms with Crippen LogP contribution in [0, 0.1) is 0 Å². The van der Waals surface area contributed by atoms with E-state index in [4.69, 9.17) is 17.3 Å². The van der Waals surface area contributed by atoms with E-state index >= 15 is 0 Å². The van der Waals surface area contributed by atoms with Crippen molar-refractivity contribution in [2.75, 3.05) is 19.0 Å². The summed E-state index contributed by atoms with van der Waals surface area (Å²) in [4.78, 5) is 23.4. The zero-order chi connectivity index (χ0) is 15.0. The van der Waals surface area contributed by atoms with Crippen molar-refractivity contribution in [3.05, 3.63) is 28.8 Å². The first-order chi connectivity index (χ1) is 9.58. The highest BCUT2D eigenvalue weighted by Gasteiger charge is 2.14. The fourth-order valence-electron chi connectivity index (χ4n) is 1.72. The normalized spacial score (nSPS) is 10.2. The van der Waals surface area contributed by atoms with Crippen LogP contribution < -0.4 is 11.1 Å². The van der Waals surface area contributed by atoms with Crippen LogP contribution in [0.1, 0.15) is 36.0 Å². The molecular formula is C14H19ClN2O3. The standard InChI is InChI=1S/C14H19ClN2O3/c1-20-14(19)11-9-10(15)6-7-12(11)17-13(18)5-3-2-4-8-16/h6-7,9H,2-5,8,16H2,1H3,(H,17,18). The van der Waals surface area contributed by atoms with Crippen molar-refractivity contribution in [1.29, 1.82) is 0 Å². The molecule has 0 saturated heterocycles. The molecule has 1 amide bonds. The summed E-state index contributed by atoms with van der Waals surface area (Å²) in [6, 6.07) is 4.67. The van der Waals surface area contributed by atoms with E-state index in [0.29, 0.717) is 23.7 Å². The Morgan fingerprint density at radius 3 is 2.70 bits per heavy atom. The summed E-state index contributed by atoms with van der Waals surface area (Å²) in [5.41, 5.74) is 6.04. The highest BCUT2D eigenvalue weighted by atomic mass is 35.5. The van der Waals surface area contributed by atoms with E-state index in [1.165, 1.54) is 13.2 Å². The molecule has 0 unspecified atom stereocenters. The number of nitrogens with two attached hydrogens (primary N) is 1. The van der Waals surface area contributed by atoms with E-state index in [2.05, 4.69) is 10.1 Å². The molecule has 0 aliphatic rings. The van der Waals surface area contributed by atoms with Crippen LogP contribution in [0.3, 0.4) is 0 Å². The molecule has 0 radical (unpaired) electrons. The molecule has 1 aromatic rings. The molecule has 110 valence electrons. The maximum atomic E-state index is 11.8. The van der Waals surface area contributed by atoms with Crippen molar-refractivity contribution >= 4 is 29.2 Å². The molecular weight excluding hydrogens is 280 g/mol. The number of esters is 1. The Morgan fingerprint density at radius 2 is 2.05 bits per heavy atom. The number of unbranched alkanes of at least 4 members (excludes halogenated alkanes) is 2. The monoisotopic (exact) mass is 298 g/mol. The Morgan fingerprint density at radius 1 is 1.30 bits per heavy atom. The lowest BCUT2D eigenvalue weighted by Gasteiger charge is -2.10. The Kier molecular flexibility index (Phi) is 7.04. The van der Waals surface area contributed by atoms with Crippen molar-refractivity contribution in [2.45, 2.75) is 25.7 Å². The number of ether oxygens (including phenoxy) is 1. The Balaban J connectivity index is 2.67. The highest BCUT2D eigenvalue weighted by molar-refractivity contribution is 6.31. The second-order valence-corrected chi connectivity index (χ2v) is 4.77. The van der Waals surface area contributed by atoms with Crippen LogP contribution in [0.5, 0.6) is 0 Å². The summed E-state index contributed by atoms with van der Waals surface area (Å²) in [5, 5.41) is 3.11. The third-order valence-electron chi connectivity index (χ3n) is 2.77. The molecule has 0 saturated carbocycles. The van der Waals surface area contributed by atoms with Crippen LogP contribution in [0.4, 0.5) is 5.69 Å². The number of rotatable bonds is 7. The summed E-state index contributed by atoms with van der Waals surface area (Å²) in [6.07, 6.45) is 2.98. The van der Waals surface area contributed by atoms with Crippen LogP contribution in [-0.2, 0) is 9.53 Å². The molecule has 0 bridgehead atoms. The fourth-order valence-corrected chi connectivity index (χ4v) is 1.90. The van der Waals surface area contributed by atoms with Gasteiger partial charge in [0.2, 0.25) is 5.91 Å². The number of hydrogen-bond donors (Lipinski definition) is 2. The number of nitrogens with one attached hydrogen (secondary N) is 1. The minimum atomic E-state index is -0.536. The number of amides is 1. The maximum absolute atomic E-state index is 11.8. The number of anilines is 1. The van der Waals surface area contributed by atoms with Gasteiger partial charge in [-0.2, -0.15) is 0 Å². The van der Waals surface area contributed by atoms with Crippen LogP contribution in [0.15, 0.2) is 18.2 Å². The second-order valence-electron chi connectivity index (χ2n) is 4.33. The van der Waals surface area contributed by atoms with E-state index in [1.54, 1.807) is 12.1 Å². The lowest BCUT2D eigenvalue weighted by atomic mass is 10.1. The molecule has 1 aromatic carbocycles. The van der Waals surface area contributed by atoms with Crippen LogP contribution in [0.25, 0.3) is 0 Å². The topological polar surface area (TPSA) is 81.4 Å². The molecule has 0 fully saturated rings. The molecule has 1 rings (SSSR count). The van der Waals surface area contributed by atoms with Crippen molar-refractivity contribution < 1.29 is 14.3 Å². The Bertz CT molecular complexity index is 477. The number of carbonyl (C=O) groups is 2.